The molecule has 0 saturated carbocycles. The van der Waals surface area contributed by atoms with Gasteiger partial charge in [-0.3, -0.25) is 0 Å². The fraction of sp³-hybridized carbons (Fsp3) is 0.185. The van der Waals surface area contributed by atoms with Crippen LogP contribution in [0.15, 0.2) is 88.5 Å². The molecular formula is C27H24N4O. The lowest BCUT2D eigenvalue weighted by molar-refractivity contribution is 0.495. The number of aromatic nitrogens is 1. The van der Waals surface area contributed by atoms with Crippen LogP contribution in [0.5, 0.6) is 0 Å². The highest BCUT2D eigenvalue weighted by atomic mass is 16.3. The van der Waals surface area contributed by atoms with Crippen molar-refractivity contribution in [3.63, 3.8) is 0 Å². The summed E-state index contributed by atoms with van der Waals surface area (Å²) in [5.74, 6) is 1.48. The predicted octanol–water partition coefficient (Wildman–Crippen LogP) is 6.09. The molecule has 1 fully saturated rings. The number of nitriles is 1. The Morgan fingerprint density at radius 2 is 1.59 bits per heavy atom. The molecule has 5 heteroatoms. The van der Waals surface area contributed by atoms with E-state index in [0.717, 1.165) is 41.2 Å². The van der Waals surface area contributed by atoms with E-state index in [2.05, 4.69) is 27.7 Å². The molecule has 1 saturated heterocycles. The molecule has 0 amide bonds. The third-order valence-electron chi connectivity index (χ3n) is 5.84. The summed E-state index contributed by atoms with van der Waals surface area (Å²) in [4.78, 5) is 7.09. The minimum absolute atomic E-state index is 0.491. The van der Waals surface area contributed by atoms with E-state index in [1.165, 1.54) is 12.8 Å². The van der Waals surface area contributed by atoms with Crippen molar-refractivity contribution >= 4 is 12.2 Å². The first-order valence-electron chi connectivity index (χ1n) is 10.9. The standard InChI is InChI=1S/C27H24N4O/c28-18-24-25(21-10-3-1-4-11-21)26(22-12-5-2-6-13-22)31(19-23-14-9-17-32-23)27(24)29-20-30-15-7-8-16-30/h1-6,9-14,17,20H,7-8,15-16,19H2. The summed E-state index contributed by atoms with van der Waals surface area (Å²) in [7, 11) is 0. The molecule has 0 atom stereocenters. The summed E-state index contributed by atoms with van der Waals surface area (Å²) in [6, 6.07) is 26.6. The second kappa shape index (κ2) is 8.99. The Hall–Kier alpha value is -4.04. The number of hydrogen-bond acceptors (Lipinski definition) is 3. The predicted molar refractivity (Wildman–Crippen MR) is 127 cm³/mol. The fourth-order valence-corrected chi connectivity index (χ4v) is 4.33. The van der Waals surface area contributed by atoms with E-state index < -0.39 is 0 Å². The van der Waals surface area contributed by atoms with Crippen LogP contribution in [-0.2, 0) is 6.54 Å². The molecule has 32 heavy (non-hydrogen) atoms. The summed E-state index contributed by atoms with van der Waals surface area (Å²) < 4.78 is 7.80. The maximum atomic E-state index is 10.3. The average Bonchev–Trinajstić information content (AvgIpc) is 3.60. The average molecular weight is 421 g/mol. The van der Waals surface area contributed by atoms with Gasteiger partial charge >= 0.3 is 0 Å². The smallest absolute Gasteiger partial charge is 0.153 e. The molecule has 158 valence electrons. The van der Waals surface area contributed by atoms with Gasteiger partial charge in [0.15, 0.2) is 5.82 Å². The van der Waals surface area contributed by atoms with Crippen LogP contribution in [0.25, 0.3) is 22.4 Å². The highest BCUT2D eigenvalue weighted by molar-refractivity contribution is 5.91. The lowest BCUT2D eigenvalue weighted by Crippen LogP contribution is -2.16. The summed E-state index contributed by atoms with van der Waals surface area (Å²) in [6.45, 7) is 2.49. The minimum Gasteiger partial charge on any atom is -0.467 e. The fourth-order valence-electron chi connectivity index (χ4n) is 4.33. The monoisotopic (exact) mass is 420 g/mol. The first-order chi connectivity index (χ1) is 15.8. The van der Waals surface area contributed by atoms with Crippen molar-refractivity contribution in [1.29, 1.82) is 5.26 Å². The van der Waals surface area contributed by atoms with Crippen LogP contribution in [0.4, 0.5) is 5.82 Å². The van der Waals surface area contributed by atoms with Gasteiger partial charge < -0.3 is 13.9 Å². The van der Waals surface area contributed by atoms with Gasteiger partial charge in [0.05, 0.1) is 24.8 Å². The maximum Gasteiger partial charge on any atom is 0.153 e. The molecule has 3 heterocycles. The topological polar surface area (TPSA) is 57.5 Å². The zero-order chi connectivity index (χ0) is 21.8. The van der Waals surface area contributed by atoms with Crippen LogP contribution in [0.2, 0.25) is 0 Å². The van der Waals surface area contributed by atoms with E-state index in [1.807, 2.05) is 67.0 Å². The van der Waals surface area contributed by atoms with Crippen LogP contribution >= 0.6 is 0 Å². The second-order valence-corrected chi connectivity index (χ2v) is 7.92. The Balaban J connectivity index is 1.78. The van der Waals surface area contributed by atoms with Gasteiger partial charge in [-0.2, -0.15) is 5.26 Å². The molecule has 2 aromatic carbocycles. The molecule has 0 spiro atoms. The zero-order valence-corrected chi connectivity index (χ0v) is 17.8. The van der Waals surface area contributed by atoms with E-state index in [0.29, 0.717) is 17.9 Å². The number of nitrogens with zero attached hydrogens (tertiary/aromatic N) is 4. The van der Waals surface area contributed by atoms with Crippen molar-refractivity contribution in [1.82, 2.24) is 9.47 Å². The summed E-state index contributed by atoms with van der Waals surface area (Å²) in [6.07, 6.45) is 5.92. The van der Waals surface area contributed by atoms with Gasteiger partial charge in [-0.05, 0) is 36.1 Å². The van der Waals surface area contributed by atoms with Crippen LogP contribution in [0.3, 0.4) is 0 Å². The van der Waals surface area contributed by atoms with Gasteiger partial charge in [0, 0.05) is 18.7 Å². The molecule has 5 rings (SSSR count). The third-order valence-corrected chi connectivity index (χ3v) is 5.84. The van der Waals surface area contributed by atoms with E-state index in [4.69, 9.17) is 9.41 Å². The Kier molecular flexibility index (Phi) is 5.59. The van der Waals surface area contributed by atoms with E-state index >= 15 is 0 Å². The Labute approximate surface area is 187 Å². The van der Waals surface area contributed by atoms with E-state index in [1.54, 1.807) is 6.26 Å². The lowest BCUT2D eigenvalue weighted by atomic mass is 9.98. The number of rotatable bonds is 6. The first kappa shape index (κ1) is 19.9. The number of aliphatic imine (C=N–C) groups is 1. The van der Waals surface area contributed by atoms with Gasteiger partial charge in [-0.25, -0.2) is 4.99 Å². The van der Waals surface area contributed by atoms with Crippen LogP contribution in [0, 0.1) is 11.3 Å². The zero-order valence-electron chi connectivity index (χ0n) is 17.8. The van der Waals surface area contributed by atoms with Crippen LogP contribution < -0.4 is 0 Å². The second-order valence-electron chi connectivity index (χ2n) is 7.92. The van der Waals surface area contributed by atoms with Gasteiger partial charge in [0.25, 0.3) is 0 Å². The van der Waals surface area contributed by atoms with Crippen molar-refractivity contribution in [2.75, 3.05) is 13.1 Å². The number of benzene rings is 2. The quantitative estimate of drug-likeness (QED) is 0.280. The molecule has 0 aliphatic carbocycles. The number of likely N-dealkylation sites (tertiary alicyclic amines) is 1. The normalized spacial score (nSPS) is 13.7. The van der Waals surface area contributed by atoms with Gasteiger partial charge in [0.2, 0.25) is 0 Å². The van der Waals surface area contributed by atoms with Crippen molar-refractivity contribution in [2.45, 2.75) is 19.4 Å². The first-order valence-corrected chi connectivity index (χ1v) is 10.9. The highest BCUT2D eigenvalue weighted by Gasteiger charge is 2.25. The molecule has 0 N–H and O–H groups in total. The molecule has 2 aromatic heterocycles. The molecule has 5 nitrogen and oxygen atoms in total. The molecular weight excluding hydrogens is 396 g/mol. The number of furan rings is 1. The van der Waals surface area contributed by atoms with Gasteiger partial charge in [-0.1, -0.05) is 60.7 Å². The van der Waals surface area contributed by atoms with Crippen LogP contribution in [0.1, 0.15) is 24.2 Å². The van der Waals surface area contributed by atoms with Gasteiger partial charge in [0.1, 0.15) is 17.4 Å². The molecule has 0 unspecified atom stereocenters. The Bertz CT molecular complexity index is 1240. The van der Waals surface area contributed by atoms with Gasteiger partial charge in [-0.15, -0.1) is 0 Å². The summed E-state index contributed by atoms with van der Waals surface area (Å²) in [5, 5.41) is 10.3. The van der Waals surface area contributed by atoms with E-state index in [9.17, 15) is 5.26 Å². The maximum absolute atomic E-state index is 10.3. The van der Waals surface area contributed by atoms with Crippen molar-refractivity contribution in [2.24, 2.45) is 4.99 Å². The minimum atomic E-state index is 0.491. The van der Waals surface area contributed by atoms with Crippen molar-refractivity contribution in [3.05, 3.63) is 90.4 Å². The lowest BCUT2D eigenvalue weighted by Gasteiger charge is -2.13. The SMILES string of the molecule is N#Cc1c(-c2ccccc2)c(-c2ccccc2)n(Cc2ccco2)c1N=CN1CCCC1. The molecule has 4 aromatic rings. The van der Waals surface area contributed by atoms with Crippen molar-refractivity contribution in [3.8, 4) is 28.5 Å². The summed E-state index contributed by atoms with van der Waals surface area (Å²) >= 11 is 0. The molecule has 0 radical (unpaired) electrons. The van der Waals surface area contributed by atoms with Crippen molar-refractivity contribution < 1.29 is 4.42 Å². The molecule has 1 aliphatic rings. The Morgan fingerprint density at radius 1 is 0.906 bits per heavy atom. The third kappa shape index (κ3) is 3.83. The molecule has 1 aliphatic heterocycles. The number of hydrogen-bond donors (Lipinski definition) is 0. The Morgan fingerprint density at radius 3 is 2.22 bits per heavy atom. The van der Waals surface area contributed by atoms with Crippen LogP contribution in [-0.4, -0.2) is 28.9 Å². The molecule has 0 bridgehead atoms. The van der Waals surface area contributed by atoms with E-state index in [-0.39, 0.29) is 0 Å². The summed E-state index contributed by atoms with van der Waals surface area (Å²) in [5.41, 5.74) is 4.49. The largest absolute Gasteiger partial charge is 0.467 e. The highest BCUT2D eigenvalue weighted by Crippen LogP contribution is 2.43.